The van der Waals surface area contributed by atoms with Crippen molar-refractivity contribution in [2.45, 2.75) is 25.7 Å². The summed E-state index contributed by atoms with van der Waals surface area (Å²) in [7, 11) is 1.34. The van der Waals surface area contributed by atoms with Crippen molar-refractivity contribution in [2.24, 2.45) is 5.92 Å². The fourth-order valence-corrected chi connectivity index (χ4v) is 2.34. The van der Waals surface area contributed by atoms with E-state index in [2.05, 4.69) is 4.74 Å². The van der Waals surface area contributed by atoms with Gasteiger partial charge in [-0.25, -0.2) is 4.79 Å². The highest BCUT2D eigenvalue weighted by Crippen LogP contribution is 2.28. The van der Waals surface area contributed by atoms with Gasteiger partial charge in [0.2, 0.25) is 0 Å². The number of ketones is 1. The van der Waals surface area contributed by atoms with E-state index in [9.17, 15) is 9.59 Å². The number of ether oxygens (including phenoxy) is 1. The van der Waals surface area contributed by atoms with Gasteiger partial charge < -0.3 is 4.74 Å². The van der Waals surface area contributed by atoms with Crippen LogP contribution in [0, 0.1) is 5.92 Å². The largest absolute Gasteiger partial charge is 0.465 e. The zero-order valence-electron chi connectivity index (χ0n) is 9.94. The van der Waals surface area contributed by atoms with Crippen molar-refractivity contribution in [1.29, 1.82) is 0 Å². The molecule has 0 aromatic heterocycles. The van der Waals surface area contributed by atoms with Gasteiger partial charge in [0.25, 0.3) is 0 Å². The quantitative estimate of drug-likeness (QED) is 0.594. The molecule has 0 heterocycles. The third kappa shape index (κ3) is 2.54. The van der Waals surface area contributed by atoms with Gasteiger partial charge in [0.05, 0.1) is 12.7 Å². The smallest absolute Gasteiger partial charge is 0.337 e. The number of Topliss-reactive ketones (excluding diaryl/α,β-unsaturated/α-hetero) is 1. The van der Waals surface area contributed by atoms with Crippen molar-refractivity contribution in [3.63, 3.8) is 0 Å². The topological polar surface area (TPSA) is 43.4 Å². The summed E-state index contributed by atoms with van der Waals surface area (Å²) in [5.74, 6) is -0.0952. The number of esters is 1. The summed E-state index contributed by atoms with van der Waals surface area (Å²) >= 11 is 0. The molecule has 0 radical (unpaired) electrons. The number of carbonyl (C=O) groups is 2. The minimum Gasteiger partial charge on any atom is -0.465 e. The van der Waals surface area contributed by atoms with Gasteiger partial charge in [-0.1, -0.05) is 25.0 Å². The summed E-state index contributed by atoms with van der Waals surface area (Å²) in [6.07, 6.45) is 4.21. The van der Waals surface area contributed by atoms with E-state index in [0.717, 1.165) is 25.7 Å². The summed E-state index contributed by atoms with van der Waals surface area (Å²) in [4.78, 5) is 23.5. The Morgan fingerprint density at radius 3 is 2.47 bits per heavy atom. The van der Waals surface area contributed by atoms with E-state index in [4.69, 9.17) is 0 Å². The maximum atomic E-state index is 12.2. The number of benzene rings is 1. The van der Waals surface area contributed by atoms with E-state index in [1.165, 1.54) is 7.11 Å². The van der Waals surface area contributed by atoms with Crippen LogP contribution in [0.25, 0.3) is 0 Å². The second kappa shape index (κ2) is 5.13. The van der Waals surface area contributed by atoms with E-state index in [-0.39, 0.29) is 11.7 Å². The molecule has 1 aromatic carbocycles. The Morgan fingerprint density at radius 1 is 1.18 bits per heavy atom. The van der Waals surface area contributed by atoms with E-state index in [0.29, 0.717) is 11.1 Å². The number of hydrogen-bond donors (Lipinski definition) is 0. The predicted molar refractivity (Wildman–Crippen MR) is 64.1 cm³/mol. The van der Waals surface area contributed by atoms with E-state index >= 15 is 0 Å². The van der Waals surface area contributed by atoms with Crippen molar-refractivity contribution in [1.82, 2.24) is 0 Å². The SMILES string of the molecule is COC(=O)c1cccc(C(=O)C2CCCC2)c1. The molecule has 1 fully saturated rings. The minimum atomic E-state index is -0.397. The molecule has 1 saturated carbocycles. The Morgan fingerprint density at radius 2 is 1.82 bits per heavy atom. The van der Waals surface area contributed by atoms with Crippen molar-refractivity contribution >= 4 is 11.8 Å². The Bertz CT molecular complexity index is 431. The maximum absolute atomic E-state index is 12.2. The highest BCUT2D eigenvalue weighted by molar-refractivity contribution is 6.00. The van der Waals surface area contributed by atoms with Gasteiger partial charge in [-0.15, -0.1) is 0 Å². The van der Waals surface area contributed by atoms with Crippen LogP contribution in [0.3, 0.4) is 0 Å². The first kappa shape index (κ1) is 11.8. The van der Waals surface area contributed by atoms with E-state index < -0.39 is 5.97 Å². The lowest BCUT2D eigenvalue weighted by atomic mass is 9.95. The molecule has 0 spiro atoms. The highest BCUT2D eigenvalue weighted by Gasteiger charge is 2.24. The van der Waals surface area contributed by atoms with Crippen LogP contribution >= 0.6 is 0 Å². The molecule has 17 heavy (non-hydrogen) atoms. The molecule has 2 rings (SSSR count). The van der Waals surface area contributed by atoms with Gasteiger partial charge in [-0.2, -0.15) is 0 Å². The Labute approximate surface area is 101 Å². The molecule has 1 aromatic rings. The van der Waals surface area contributed by atoms with Gasteiger partial charge in [-0.05, 0) is 25.0 Å². The summed E-state index contributed by atoms with van der Waals surface area (Å²) in [6, 6.07) is 6.80. The van der Waals surface area contributed by atoms with Crippen LogP contribution in [0.4, 0.5) is 0 Å². The van der Waals surface area contributed by atoms with Crippen molar-refractivity contribution in [2.75, 3.05) is 7.11 Å². The first-order valence-corrected chi connectivity index (χ1v) is 5.95. The predicted octanol–water partition coefficient (Wildman–Crippen LogP) is 2.85. The summed E-state index contributed by atoms with van der Waals surface area (Å²) < 4.78 is 4.65. The monoisotopic (exact) mass is 232 g/mol. The van der Waals surface area contributed by atoms with Crippen LogP contribution in [-0.4, -0.2) is 18.9 Å². The highest BCUT2D eigenvalue weighted by atomic mass is 16.5. The minimum absolute atomic E-state index is 0.142. The zero-order chi connectivity index (χ0) is 12.3. The van der Waals surface area contributed by atoms with Gasteiger partial charge in [-0.3, -0.25) is 4.79 Å². The Kier molecular flexibility index (Phi) is 3.57. The van der Waals surface area contributed by atoms with Crippen LogP contribution in [0.1, 0.15) is 46.4 Å². The summed E-state index contributed by atoms with van der Waals surface area (Å²) in [6.45, 7) is 0. The summed E-state index contributed by atoms with van der Waals surface area (Å²) in [5, 5.41) is 0. The van der Waals surface area contributed by atoms with Crippen LogP contribution in [0.5, 0.6) is 0 Å². The Hall–Kier alpha value is -1.64. The molecule has 90 valence electrons. The van der Waals surface area contributed by atoms with Gasteiger partial charge in [0.15, 0.2) is 5.78 Å². The average Bonchev–Trinajstić information content (AvgIpc) is 2.91. The van der Waals surface area contributed by atoms with Crippen LogP contribution in [0.2, 0.25) is 0 Å². The fourth-order valence-electron chi connectivity index (χ4n) is 2.34. The molecular weight excluding hydrogens is 216 g/mol. The van der Waals surface area contributed by atoms with Crippen molar-refractivity contribution < 1.29 is 14.3 Å². The molecule has 1 aliphatic carbocycles. The van der Waals surface area contributed by atoms with Gasteiger partial charge >= 0.3 is 5.97 Å². The molecule has 1 aliphatic rings. The number of methoxy groups -OCH3 is 1. The fraction of sp³-hybridized carbons (Fsp3) is 0.429. The first-order chi connectivity index (χ1) is 8.22. The molecule has 0 aliphatic heterocycles. The van der Waals surface area contributed by atoms with E-state index in [1.54, 1.807) is 24.3 Å². The lowest BCUT2D eigenvalue weighted by molar-refractivity contribution is 0.0600. The van der Waals surface area contributed by atoms with Gasteiger partial charge in [0, 0.05) is 11.5 Å². The second-order valence-corrected chi connectivity index (χ2v) is 4.42. The Balaban J connectivity index is 2.20. The standard InChI is InChI=1S/C14H16O3/c1-17-14(16)12-8-4-7-11(9-12)13(15)10-5-2-3-6-10/h4,7-10H,2-3,5-6H2,1H3. The van der Waals surface area contributed by atoms with E-state index in [1.807, 2.05) is 0 Å². The normalized spacial score (nSPS) is 15.8. The number of hydrogen-bond acceptors (Lipinski definition) is 3. The zero-order valence-corrected chi connectivity index (χ0v) is 9.94. The summed E-state index contributed by atoms with van der Waals surface area (Å²) in [5.41, 5.74) is 1.07. The van der Waals surface area contributed by atoms with Crippen molar-refractivity contribution in [3.05, 3.63) is 35.4 Å². The number of carbonyl (C=O) groups excluding carboxylic acids is 2. The third-order valence-corrected chi connectivity index (χ3v) is 3.29. The molecular formula is C14H16O3. The lowest BCUT2D eigenvalue weighted by Crippen LogP contribution is -2.12. The maximum Gasteiger partial charge on any atom is 0.337 e. The van der Waals surface area contributed by atoms with Crippen LogP contribution in [0.15, 0.2) is 24.3 Å². The van der Waals surface area contributed by atoms with Crippen molar-refractivity contribution in [3.8, 4) is 0 Å². The molecule has 0 saturated heterocycles. The van der Waals surface area contributed by atoms with Crippen LogP contribution < -0.4 is 0 Å². The lowest BCUT2D eigenvalue weighted by Gasteiger charge is -2.08. The second-order valence-electron chi connectivity index (χ2n) is 4.42. The number of rotatable bonds is 3. The molecule has 0 bridgehead atoms. The molecule has 0 unspecified atom stereocenters. The third-order valence-electron chi connectivity index (χ3n) is 3.29. The van der Waals surface area contributed by atoms with Gasteiger partial charge in [0.1, 0.15) is 0 Å². The molecule has 0 N–H and O–H groups in total. The molecule has 0 amide bonds. The first-order valence-electron chi connectivity index (χ1n) is 5.95. The molecule has 0 atom stereocenters. The molecule has 3 nitrogen and oxygen atoms in total. The van der Waals surface area contributed by atoms with Crippen LogP contribution in [-0.2, 0) is 4.74 Å². The average molecular weight is 232 g/mol. The molecule has 3 heteroatoms.